The summed E-state index contributed by atoms with van der Waals surface area (Å²) in [6, 6.07) is 8.92. The monoisotopic (exact) mass is 454 g/mol. The Kier molecular flexibility index (Phi) is 6.66. The number of halogens is 1. The molecule has 2 aliphatic rings. The third-order valence-electron chi connectivity index (χ3n) is 6.43. The summed E-state index contributed by atoms with van der Waals surface area (Å²) in [7, 11) is 0. The minimum absolute atomic E-state index is 0.00420. The number of piperidine rings is 1. The Labute approximate surface area is 193 Å². The van der Waals surface area contributed by atoms with Crippen molar-refractivity contribution in [2.75, 3.05) is 13.1 Å². The number of carbonyl (C=O) groups excluding carboxylic acids is 1. The van der Waals surface area contributed by atoms with Crippen LogP contribution in [0.4, 0.5) is 9.18 Å². The predicted octanol–water partition coefficient (Wildman–Crippen LogP) is 3.77. The lowest BCUT2D eigenvalue weighted by molar-refractivity contribution is 0.0442. The average Bonchev–Trinajstić information content (AvgIpc) is 3.40. The van der Waals surface area contributed by atoms with E-state index in [1.165, 1.54) is 12.1 Å². The van der Waals surface area contributed by atoms with E-state index in [0.717, 1.165) is 44.3 Å². The fourth-order valence-corrected chi connectivity index (χ4v) is 5.06. The topological polar surface area (TPSA) is 96.1 Å². The van der Waals surface area contributed by atoms with Gasteiger partial charge in [-0.15, -0.1) is 5.10 Å². The Morgan fingerprint density at radius 3 is 2.64 bits per heavy atom. The lowest BCUT2D eigenvalue weighted by atomic mass is 9.97. The first-order valence-electron chi connectivity index (χ1n) is 11.5. The number of ether oxygens (including phenoxy) is 1. The highest BCUT2D eigenvalue weighted by Crippen LogP contribution is 2.44. The Balaban J connectivity index is 1.51. The molecule has 8 nitrogen and oxygen atoms in total. The zero-order valence-corrected chi connectivity index (χ0v) is 19.4. The summed E-state index contributed by atoms with van der Waals surface area (Å²) < 4.78 is 20.7. The Morgan fingerprint density at radius 2 is 1.97 bits per heavy atom. The molecule has 1 saturated heterocycles. The zero-order chi connectivity index (χ0) is 23.6. The maximum atomic E-state index is 13.5. The van der Waals surface area contributed by atoms with E-state index >= 15 is 0 Å². The number of aromatic nitrogens is 3. The van der Waals surface area contributed by atoms with Crippen LogP contribution in [0, 0.1) is 17.1 Å². The first-order chi connectivity index (χ1) is 15.7. The van der Waals surface area contributed by atoms with E-state index < -0.39 is 11.7 Å². The van der Waals surface area contributed by atoms with E-state index in [1.807, 2.05) is 39.0 Å². The number of amides is 1. The van der Waals surface area contributed by atoms with Crippen LogP contribution in [-0.2, 0) is 4.74 Å². The van der Waals surface area contributed by atoms with Crippen LogP contribution in [0.25, 0.3) is 0 Å². The van der Waals surface area contributed by atoms with Gasteiger partial charge < -0.3 is 10.1 Å². The summed E-state index contributed by atoms with van der Waals surface area (Å²) in [6.45, 7) is 7.20. The van der Waals surface area contributed by atoms with Crippen LogP contribution in [0.5, 0.6) is 0 Å². The molecule has 0 radical (unpaired) electrons. The molecule has 4 rings (SSSR count). The Morgan fingerprint density at radius 1 is 1.24 bits per heavy atom. The van der Waals surface area contributed by atoms with Crippen molar-refractivity contribution < 1.29 is 13.9 Å². The minimum Gasteiger partial charge on any atom is -0.444 e. The van der Waals surface area contributed by atoms with Gasteiger partial charge in [0.2, 0.25) is 0 Å². The molecule has 3 unspecified atom stereocenters. The van der Waals surface area contributed by atoms with E-state index in [4.69, 9.17) is 4.74 Å². The number of hydrogen-bond donors (Lipinski definition) is 1. The number of carbonyl (C=O) groups is 1. The molecular formula is C24H31FN6O2. The zero-order valence-electron chi connectivity index (χ0n) is 19.4. The number of hydrogen-bond acceptors (Lipinski definition) is 6. The number of alkyl carbamates (subject to hydrolysis) is 1. The van der Waals surface area contributed by atoms with Gasteiger partial charge in [-0.25, -0.2) is 18.9 Å². The summed E-state index contributed by atoms with van der Waals surface area (Å²) in [6.07, 6.45) is 4.81. The quantitative estimate of drug-likeness (QED) is 0.756. The third-order valence-corrected chi connectivity index (χ3v) is 6.43. The lowest BCUT2D eigenvalue weighted by Gasteiger charge is -2.39. The predicted molar refractivity (Wildman–Crippen MR) is 120 cm³/mol. The van der Waals surface area contributed by atoms with Crippen molar-refractivity contribution >= 4 is 6.09 Å². The van der Waals surface area contributed by atoms with Gasteiger partial charge in [-0.05, 0) is 76.6 Å². The van der Waals surface area contributed by atoms with Crippen LogP contribution in [-0.4, -0.2) is 56.5 Å². The molecule has 1 aromatic heterocycles. The molecule has 2 aromatic rings. The summed E-state index contributed by atoms with van der Waals surface area (Å²) in [5.41, 5.74) is 0.563. The maximum absolute atomic E-state index is 13.5. The molecule has 1 amide bonds. The van der Waals surface area contributed by atoms with Crippen molar-refractivity contribution in [1.82, 2.24) is 25.0 Å². The van der Waals surface area contributed by atoms with Crippen LogP contribution >= 0.6 is 0 Å². The Hall–Kier alpha value is -2.99. The van der Waals surface area contributed by atoms with Crippen LogP contribution in [0.2, 0.25) is 0 Å². The second-order valence-corrected chi connectivity index (χ2v) is 9.99. The van der Waals surface area contributed by atoms with Crippen molar-refractivity contribution in [3.8, 4) is 6.07 Å². The molecule has 0 spiro atoms. The van der Waals surface area contributed by atoms with Crippen LogP contribution in [0.15, 0.2) is 30.6 Å². The largest absolute Gasteiger partial charge is 0.444 e. The molecule has 2 heterocycles. The molecule has 33 heavy (non-hydrogen) atoms. The molecule has 9 heteroatoms. The minimum atomic E-state index is -0.539. The van der Waals surface area contributed by atoms with Gasteiger partial charge in [0.1, 0.15) is 23.8 Å². The highest BCUT2D eigenvalue weighted by molar-refractivity contribution is 5.68. The molecule has 1 aliphatic heterocycles. The van der Waals surface area contributed by atoms with E-state index in [2.05, 4.69) is 20.3 Å². The average molecular weight is 455 g/mol. The second-order valence-electron chi connectivity index (χ2n) is 9.99. The fraction of sp³-hybridized carbons (Fsp3) is 0.583. The standard InChI is InChI=1S/C24H31FN6O2/c1-24(2,3)33-23(32)28-19-5-4-10-30(14-19)20-11-17(16-6-8-18(25)9-7-16)12-21(20)31-15-27-22(13-26)29-31/h6-9,15,17,19-21H,4-5,10-12,14H2,1-3H3,(H,28,32)/t17?,19-,20?,21?/m1/s1. The molecule has 1 aliphatic carbocycles. The van der Waals surface area contributed by atoms with Gasteiger partial charge in [0.25, 0.3) is 5.82 Å². The SMILES string of the molecule is CC(C)(C)OC(=O)N[C@@H]1CCCN(C2CC(c3ccc(F)cc3)CC2n2cnc(C#N)n2)C1. The van der Waals surface area contributed by atoms with Crippen LogP contribution < -0.4 is 5.32 Å². The van der Waals surface area contributed by atoms with Crippen molar-refractivity contribution in [3.05, 3.63) is 47.8 Å². The fourth-order valence-electron chi connectivity index (χ4n) is 5.06. The molecule has 176 valence electrons. The number of likely N-dealkylation sites (tertiary alicyclic amines) is 1. The molecule has 4 atom stereocenters. The number of nitrogens with zero attached hydrogens (tertiary/aromatic N) is 5. The molecular weight excluding hydrogens is 423 g/mol. The van der Waals surface area contributed by atoms with Gasteiger partial charge in [-0.1, -0.05) is 12.1 Å². The number of benzene rings is 1. The van der Waals surface area contributed by atoms with Crippen LogP contribution in [0.1, 0.15) is 69.8 Å². The summed E-state index contributed by atoms with van der Waals surface area (Å²) in [5, 5.41) is 16.6. The molecule has 0 bridgehead atoms. The van der Waals surface area contributed by atoms with Gasteiger partial charge in [0, 0.05) is 18.6 Å². The van der Waals surface area contributed by atoms with E-state index in [9.17, 15) is 14.4 Å². The summed E-state index contributed by atoms with van der Waals surface area (Å²) >= 11 is 0. The molecule has 1 saturated carbocycles. The summed E-state index contributed by atoms with van der Waals surface area (Å²) in [4.78, 5) is 18.8. The van der Waals surface area contributed by atoms with Crippen molar-refractivity contribution in [1.29, 1.82) is 5.26 Å². The Bertz CT molecular complexity index is 1010. The number of nitriles is 1. The second kappa shape index (κ2) is 9.48. The third kappa shape index (κ3) is 5.69. The van der Waals surface area contributed by atoms with Gasteiger partial charge in [0.15, 0.2) is 0 Å². The first kappa shape index (κ1) is 23.2. The normalized spacial score (nSPS) is 26.0. The van der Waals surface area contributed by atoms with Gasteiger partial charge in [0.05, 0.1) is 6.04 Å². The van der Waals surface area contributed by atoms with E-state index in [0.29, 0.717) is 0 Å². The first-order valence-corrected chi connectivity index (χ1v) is 11.5. The molecule has 1 N–H and O–H groups in total. The van der Waals surface area contributed by atoms with Crippen molar-refractivity contribution in [3.63, 3.8) is 0 Å². The van der Waals surface area contributed by atoms with E-state index in [1.54, 1.807) is 11.0 Å². The van der Waals surface area contributed by atoms with Crippen LogP contribution in [0.3, 0.4) is 0 Å². The smallest absolute Gasteiger partial charge is 0.407 e. The van der Waals surface area contributed by atoms with E-state index in [-0.39, 0.29) is 35.7 Å². The molecule has 2 fully saturated rings. The number of nitrogens with one attached hydrogen (secondary N) is 1. The molecule has 1 aromatic carbocycles. The number of rotatable bonds is 4. The lowest BCUT2D eigenvalue weighted by Crippen LogP contribution is -2.52. The highest BCUT2D eigenvalue weighted by atomic mass is 19.1. The van der Waals surface area contributed by atoms with Crippen molar-refractivity contribution in [2.24, 2.45) is 0 Å². The summed E-state index contributed by atoms with van der Waals surface area (Å²) in [5.74, 6) is 0.156. The maximum Gasteiger partial charge on any atom is 0.407 e. The highest BCUT2D eigenvalue weighted by Gasteiger charge is 2.41. The van der Waals surface area contributed by atoms with Gasteiger partial charge in [-0.3, -0.25) is 4.90 Å². The van der Waals surface area contributed by atoms with Gasteiger partial charge in [-0.2, -0.15) is 5.26 Å². The van der Waals surface area contributed by atoms with Gasteiger partial charge >= 0.3 is 6.09 Å². The van der Waals surface area contributed by atoms with Crippen molar-refractivity contribution in [2.45, 2.75) is 76.1 Å².